The van der Waals surface area contributed by atoms with E-state index in [1.807, 2.05) is 16.7 Å². The van der Waals surface area contributed by atoms with Crippen LogP contribution in [-0.2, 0) is 14.8 Å². The third kappa shape index (κ3) is 3.19. The van der Waals surface area contributed by atoms with E-state index in [1.54, 1.807) is 6.20 Å². The average Bonchev–Trinajstić information content (AvgIpc) is 3.39. The molecule has 2 N–H and O–H groups in total. The summed E-state index contributed by atoms with van der Waals surface area (Å²) in [6.07, 6.45) is 6.62. The van der Waals surface area contributed by atoms with Gasteiger partial charge < -0.3 is 9.72 Å². The first-order valence-corrected chi connectivity index (χ1v) is 11.4. The topological polar surface area (TPSA) is 114 Å². The van der Waals surface area contributed by atoms with Gasteiger partial charge in [-0.05, 0) is 37.7 Å². The second kappa shape index (κ2) is 6.78. The van der Waals surface area contributed by atoms with Crippen LogP contribution in [0.5, 0.6) is 0 Å². The molecule has 5 rings (SSSR count). The van der Waals surface area contributed by atoms with Crippen molar-refractivity contribution >= 4 is 26.8 Å². The van der Waals surface area contributed by atoms with E-state index in [1.165, 1.54) is 0 Å². The minimum atomic E-state index is -3.37. The van der Waals surface area contributed by atoms with Gasteiger partial charge in [-0.1, -0.05) is 6.92 Å². The van der Waals surface area contributed by atoms with Crippen LogP contribution in [0.1, 0.15) is 44.3 Å². The maximum absolute atomic E-state index is 12.6. The smallest absolute Gasteiger partial charge is 0.214 e. The number of H-pyrrole nitrogens is 1. The van der Waals surface area contributed by atoms with Gasteiger partial charge in [-0.3, -0.25) is 4.40 Å². The molecular formula is C18H24N6O3S. The van der Waals surface area contributed by atoms with E-state index in [9.17, 15) is 8.42 Å². The number of nitrogens with zero attached hydrogens (tertiary/aromatic N) is 4. The molecule has 9 nitrogen and oxygen atoms in total. The van der Waals surface area contributed by atoms with Crippen molar-refractivity contribution in [2.24, 2.45) is 5.92 Å². The molecule has 0 spiro atoms. The van der Waals surface area contributed by atoms with E-state index >= 15 is 0 Å². The van der Waals surface area contributed by atoms with E-state index in [2.05, 4.69) is 31.8 Å². The summed E-state index contributed by atoms with van der Waals surface area (Å²) in [6.45, 7) is 2.81. The molecule has 2 aliphatic rings. The number of hydrogen-bond donors (Lipinski definition) is 2. The first kappa shape index (κ1) is 18.0. The van der Waals surface area contributed by atoms with Gasteiger partial charge in [0.05, 0.1) is 23.6 Å². The van der Waals surface area contributed by atoms with Crippen molar-refractivity contribution in [1.29, 1.82) is 0 Å². The van der Waals surface area contributed by atoms with Gasteiger partial charge in [0.2, 0.25) is 10.0 Å². The van der Waals surface area contributed by atoms with Gasteiger partial charge in [-0.2, -0.15) is 0 Å². The summed E-state index contributed by atoms with van der Waals surface area (Å²) in [7, 11) is -3.37. The van der Waals surface area contributed by atoms with Crippen molar-refractivity contribution in [2.75, 3.05) is 12.4 Å². The van der Waals surface area contributed by atoms with E-state index in [4.69, 9.17) is 4.74 Å². The normalized spacial score (nSPS) is 28.6. The Kier molecular flexibility index (Phi) is 4.37. The van der Waals surface area contributed by atoms with Crippen molar-refractivity contribution in [2.45, 2.75) is 50.7 Å². The maximum atomic E-state index is 12.6. The SMILES string of the molecule is C[C@@H]1C[C@H](NS(=O)(=O)CC2CCCO2)C[C@@H]1c1nnc2cnc3[nH]ccc3n12. The van der Waals surface area contributed by atoms with Gasteiger partial charge in [0.1, 0.15) is 5.82 Å². The summed E-state index contributed by atoms with van der Waals surface area (Å²) in [6, 6.07) is 1.87. The van der Waals surface area contributed by atoms with E-state index < -0.39 is 10.0 Å². The number of rotatable bonds is 5. The molecule has 4 heterocycles. The quantitative estimate of drug-likeness (QED) is 0.667. The summed E-state index contributed by atoms with van der Waals surface area (Å²) in [4.78, 5) is 7.47. The van der Waals surface area contributed by atoms with Crippen molar-refractivity contribution in [3.63, 3.8) is 0 Å². The number of nitrogens with one attached hydrogen (secondary N) is 2. The van der Waals surface area contributed by atoms with Crippen molar-refractivity contribution in [3.05, 3.63) is 24.3 Å². The van der Waals surface area contributed by atoms with Crippen LogP contribution in [-0.4, -0.2) is 57.5 Å². The molecular weight excluding hydrogens is 380 g/mol. The first-order valence-electron chi connectivity index (χ1n) is 9.79. The Morgan fingerprint density at radius 1 is 1.36 bits per heavy atom. The molecule has 0 radical (unpaired) electrons. The Labute approximate surface area is 162 Å². The number of aromatic nitrogens is 5. The van der Waals surface area contributed by atoms with Gasteiger partial charge in [0.15, 0.2) is 11.3 Å². The fraction of sp³-hybridized carbons (Fsp3) is 0.611. The minimum Gasteiger partial charge on any atom is -0.377 e. The predicted octanol–water partition coefficient (Wildman–Crippen LogP) is 1.59. The highest BCUT2D eigenvalue weighted by molar-refractivity contribution is 7.89. The molecule has 2 fully saturated rings. The number of sulfonamides is 1. The average molecular weight is 404 g/mol. The monoisotopic (exact) mass is 404 g/mol. The van der Waals surface area contributed by atoms with Gasteiger partial charge in [-0.15, -0.1) is 10.2 Å². The first-order chi connectivity index (χ1) is 13.5. The van der Waals surface area contributed by atoms with Crippen molar-refractivity contribution < 1.29 is 13.2 Å². The number of ether oxygens (including phenoxy) is 1. The van der Waals surface area contributed by atoms with Crippen LogP contribution in [0.15, 0.2) is 18.5 Å². The van der Waals surface area contributed by atoms with Gasteiger partial charge >= 0.3 is 0 Å². The summed E-state index contributed by atoms with van der Waals surface area (Å²) >= 11 is 0. The highest BCUT2D eigenvalue weighted by atomic mass is 32.2. The fourth-order valence-electron chi connectivity index (χ4n) is 4.66. The molecule has 3 aromatic heterocycles. The van der Waals surface area contributed by atoms with Gasteiger partial charge in [0, 0.05) is 24.8 Å². The second-order valence-electron chi connectivity index (χ2n) is 8.01. The van der Waals surface area contributed by atoms with Crippen LogP contribution in [0.3, 0.4) is 0 Å². The largest absolute Gasteiger partial charge is 0.377 e. The third-order valence-electron chi connectivity index (χ3n) is 5.96. The zero-order valence-corrected chi connectivity index (χ0v) is 16.5. The Hall–Kier alpha value is -2.04. The highest BCUT2D eigenvalue weighted by Crippen LogP contribution is 2.39. The Morgan fingerprint density at radius 2 is 2.25 bits per heavy atom. The van der Waals surface area contributed by atoms with Crippen molar-refractivity contribution in [3.8, 4) is 0 Å². The molecule has 0 amide bonds. The summed E-state index contributed by atoms with van der Waals surface area (Å²) in [5, 5.41) is 8.71. The number of fused-ring (bicyclic) bond motifs is 3. The zero-order chi connectivity index (χ0) is 19.3. The van der Waals surface area contributed by atoms with Gasteiger partial charge in [0.25, 0.3) is 0 Å². The van der Waals surface area contributed by atoms with Crippen LogP contribution in [0.4, 0.5) is 0 Å². The lowest BCUT2D eigenvalue weighted by atomic mass is 9.97. The Balaban J connectivity index is 1.37. The molecule has 1 unspecified atom stereocenters. The third-order valence-corrected chi connectivity index (χ3v) is 7.46. The minimum absolute atomic E-state index is 0.0477. The lowest BCUT2D eigenvalue weighted by Crippen LogP contribution is -2.38. The standard InChI is InChI=1S/C18H24N6O3S/c1-11-7-12(23-28(25,26)10-13-3-2-6-27-13)8-14(11)18-22-21-16-9-20-17-15(24(16)18)4-5-19-17/h4-5,9,11-14,19,23H,2-3,6-8,10H2,1H3/t11-,12+,13?,14+/m1/s1. The Morgan fingerprint density at radius 3 is 3.07 bits per heavy atom. The molecule has 4 atom stereocenters. The molecule has 3 aromatic rings. The maximum Gasteiger partial charge on any atom is 0.214 e. The summed E-state index contributed by atoms with van der Waals surface area (Å²) in [5.74, 6) is 1.35. The van der Waals surface area contributed by atoms with Crippen molar-refractivity contribution in [1.82, 2.24) is 29.3 Å². The summed E-state index contributed by atoms with van der Waals surface area (Å²) < 4.78 is 35.5. The summed E-state index contributed by atoms with van der Waals surface area (Å²) in [5.41, 5.74) is 2.43. The fourth-order valence-corrected chi connectivity index (χ4v) is 6.21. The van der Waals surface area contributed by atoms with Gasteiger partial charge in [-0.25, -0.2) is 18.1 Å². The number of aromatic amines is 1. The van der Waals surface area contributed by atoms with Crippen LogP contribution in [0.2, 0.25) is 0 Å². The van der Waals surface area contributed by atoms with Crippen LogP contribution < -0.4 is 4.72 Å². The Bertz CT molecular complexity index is 1100. The molecule has 150 valence electrons. The molecule has 10 heteroatoms. The molecule has 1 aliphatic heterocycles. The number of hydrogen-bond acceptors (Lipinski definition) is 6. The molecule has 0 aromatic carbocycles. The van der Waals surface area contributed by atoms with E-state index in [0.717, 1.165) is 36.3 Å². The highest BCUT2D eigenvalue weighted by Gasteiger charge is 2.38. The molecule has 28 heavy (non-hydrogen) atoms. The second-order valence-corrected chi connectivity index (χ2v) is 9.81. The molecule has 0 bridgehead atoms. The van der Waals surface area contributed by atoms with Crippen LogP contribution >= 0.6 is 0 Å². The molecule has 1 saturated carbocycles. The predicted molar refractivity (Wildman–Crippen MR) is 103 cm³/mol. The molecule has 1 saturated heterocycles. The van der Waals surface area contributed by atoms with Crippen LogP contribution in [0.25, 0.3) is 16.8 Å². The lowest BCUT2D eigenvalue weighted by Gasteiger charge is -2.16. The van der Waals surface area contributed by atoms with E-state index in [0.29, 0.717) is 24.6 Å². The lowest BCUT2D eigenvalue weighted by molar-refractivity contribution is 0.127. The molecule has 1 aliphatic carbocycles. The van der Waals surface area contributed by atoms with Crippen LogP contribution in [0, 0.1) is 5.92 Å². The van der Waals surface area contributed by atoms with E-state index in [-0.39, 0.29) is 23.8 Å². The zero-order valence-electron chi connectivity index (χ0n) is 15.7.